The zero-order chi connectivity index (χ0) is 14.1. The van der Waals surface area contributed by atoms with Gasteiger partial charge in [-0.3, -0.25) is 4.98 Å². The standard InChI is InChI=1S/C16H17N3O/c1-11-9-19(10-12(2)20-11)16-13(7-17)8-18-15-6-4-3-5-14(15)16/h3-6,8,11-12H,9-10H2,1-2H3. The van der Waals surface area contributed by atoms with Crippen LogP contribution in [0, 0.1) is 11.3 Å². The predicted octanol–water partition coefficient (Wildman–Crippen LogP) is 2.72. The third kappa shape index (κ3) is 2.21. The Morgan fingerprint density at radius 3 is 2.65 bits per heavy atom. The quantitative estimate of drug-likeness (QED) is 0.797. The third-order valence-electron chi connectivity index (χ3n) is 3.60. The highest BCUT2D eigenvalue weighted by Gasteiger charge is 2.25. The van der Waals surface area contributed by atoms with Crippen molar-refractivity contribution < 1.29 is 4.74 Å². The van der Waals surface area contributed by atoms with Gasteiger partial charge >= 0.3 is 0 Å². The molecule has 2 atom stereocenters. The van der Waals surface area contributed by atoms with Gasteiger partial charge < -0.3 is 9.64 Å². The average molecular weight is 267 g/mol. The summed E-state index contributed by atoms with van der Waals surface area (Å²) in [6, 6.07) is 10.2. The maximum atomic E-state index is 9.39. The zero-order valence-corrected chi connectivity index (χ0v) is 11.7. The number of aromatic nitrogens is 1. The Morgan fingerprint density at radius 2 is 1.95 bits per heavy atom. The van der Waals surface area contributed by atoms with Crippen LogP contribution in [-0.4, -0.2) is 30.3 Å². The molecule has 0 spiro atoms. The Balaban J connectivity index is 2.16. The number of hydrogen-bond donors (Lipinski definition) is 0. The van der Waals surface area contributed by atoms with Gasteiger partial charge in [0.1, 0.15) is 6.07 Å². The van der Waals surface area contributed by atoms with Gasteiger partial charge in [0.25, 0.3) is 0 Å². The van der Waals surface area contributed by atoms with Gasteiger partial charge in [0.05, 0.1) is 29.0 Å². The molecule has 0 amide bonds. The smallest absolute Gasteiger partial charge is 0.103 e. The van der Waals surface area contributed by atoms with E-state index in [2.05, 4.69) is 29.8 Å². The molecule has 1 fully saturated rings. The van der Waals surface area contributed by atoms with Gasteiger partial charge in [-0.15, -0.1) is 0 Å². The van der Waals surface area contributed by atoms with Gasteiger partial charge in [-0.1, -0.05) is 18.2 Å². The Morgan fingerprint density at radius 1 is 1.25 bits per heavy atom. The van der Waals surface area contributed by atoms with Crippen molar-refractivity contribution in [2.45, 2.75) is 26.1 Å². The van der Waals surface area contributed by atoms with Crippen LogP contribution in [0.2, 0.25) is 0 Å². The number of pyridine rings is 1. The highest BCUT2D eigenvalue weighted by Crippen LogP contribution is 2.31. The Bertz CT molecular complexity index is 667. The van der Waals surface area contributed by atoms with E-state index in [0.29, 0.717) is 5.56 Å². The lowest BCUT2D eigenvalue weighted by Crippen LogP contribution is -2.45. The van der Waals surface area contributed by atoms with Crippen molar-refractivity contribution in [2.75, 3.05) is 18.0 Å². The minimum atomic E-state index is 0.164. The molecule has 0 radical (unpaired) electrons. The number of rotatable bonds is 1. The van der Waals surface area contributed by atoms with Crippen molar-refractivity contribution in [1.82, 2.24) is 4.98 Å². The summed E-state index contributed by atoms with van der Waals surface area (Å²) in [7, 11) is 0. The van der Waals surface area contributed by atoms with Crippen molar-refractivity contribution >= 4 is 16.6 Å². The van der Waals surface area contributed by atoms with E-state index in [9.17, 15) is 5.26 Å². The van der Waals surface area contributed by atoms with Crippen LogP contribution in [0.15, 0.2) is 30.5 Å². The van der Waals surface area contributed by atoms with Crippen LogP contribution >= 0.6 is 0 Å². The van der Waals surface area contributed by atoms with Crippen LogP contribution in [0.25, 0.3) is 10.9 Å². The van der Waals surface area contributed by atoms with Gasteiger partial charge in [0.2, 0.25) is 0 Å². The van der Waals surface area contributed by atoms with Crippen LogP contribution in [0.4, 0.5) is 5.69 Å². The molecule has 2 heterocycles. The van der Waals surface area contributed by atoms with E-state index in [1.165, 1.54) is 0 Å². The highest BCUT2D eigenvalue weighted by molar-refractivity contribution is 5.94. The SMILES string of the molecule is CC1CN(c2c(C#N)cnc3ccccc23)CC(C)O1. The number of hydrogen-bond acceptors (Lipinski definition) is 4. The molecule has 4 heteroatoms. The maximum absolute atomic E-state index is 9.39. The van der Waals surface area contributed by atoms with Gasteiger partial charge in [-0.05, 0) is 19.9 Å². The number of ether oxygens (including phenoxy) is 1. The van der Waals surface area contributed by atoms with Crippen molar-refractivity contribution in [1.29, 1.82) is 5.26 Å². The Hall–Kier alpha value is -2.12. The number of benzene rings is 1. The second-order valence-electron chi connectivity index (χ2n) is 5.31. The van der Waals surface area contributed by atoms with Crippen LogP contribution < -0.4 is 4.90 Å². The molecule has 2 unspecified atom stereocenters. The molecule has 1 aliphatic rings. The summed E-state index contributed by atoms with van der Waals surface area (Å²) < 4.78 is 5.78. The van der Waals surface area contributed by atoms with Crippen LogP contribution in [0.1, 0.15) is 19.4 Å². The first kappa shape index (κ1) is 12.9. The van der Waals surface area contributed by atoms with Gasteiger partial charge in [0, 0.05) is 24.7 Å². The highest BCUT2D eigenvalue weighted by atomic mass is 16.5. The normalized spacial score (nSPS) is 22.8. The maximum Gasteiger partial charge on any atom is 0.103 e. The first-order valence-electron chi connectivity index (χ1n) is 6.87. The predicted molar refractivity (Wildman–Crippen MR) is 78.7 cm³/mol. The number of nitriles is 1. The molecular formula is C16H17N3O. The van der Waals surface area contributed by atoms with Crippen LogP contribution in [0.3, 0.4) is 0 Å². The number of para-hydroxylation sites is 1. The molecular weight excluding hydrogens is 250 g/mol. The second-order valence-corrected chi connectivity index (χ2v) is 5.31. The third-order valence-corrected chi connectivity index (χ3v) is 3.60. The minimum Gasteiger partial charge on any atom is -0.372 e. The first-order chi connectivity index (χ1) is 9.69. The second kappa shape index (κ2) is 5.10. The molecule has 1 saturated heterocycles. The molecule has 1 aromatic heterocycles. The van der Waals surface area contributed by atoms with E-state index in [-0.39, 0.29) is 12.2 Å². The van der Waals surface area contributed by atoms with Gasteiger partial charge in [-0.2, -0.15) is 5.26 Å². The van der Waals surface area contributed by atoms with Crippen LogP contribution in [-0.2, 0) is 4.74 Å². The molecule has 2 aromatic rings. The fraction of sp³-hybridized carbons (Fsp3) is 0.375. The number of morpholine rings is 1. The summed E-state index contributed by atoms with van der Waals surface area (Å²) in [4.78, 5) is 6.62. The van der Waals surface area contributed by atoms with E-state index in [1.807, 2.05) is 24.3 Å². The van der Waals surface area contributed by atoms with Crippen molar-refractivity contribution in [3.63, 3.8) is 0 Å². The molecule has 0 bridgehead atoms. The average Bonchev–Trinajstić information content (AvgIpc) is 2.45. The molecule has 20 heavy (non-hydrogen) atoms. The van der Waals surface area contributed by atoms with E-state index in [0.717, 1.165) is 29.7 Å². The zero-order valence-electron chi connectivity index (χ0n) is 11.7. The largest absolute Gasteiger partial charge is 0.372 e. The van der Waals surface area contributed by atoms with E-state index >= 15 is 0 Å². The fourth-order valence-electron chi connectivity index (χ4n) is 2.91. The van der Waals surface area contributed by atoms with Crippen LogP contribution in [0.5, 0.6) is 0 Å². The Labute approximate surface area is 118 Å². The molecule has 4 nitrogen and oxygen atoms in total. The lowest BCUT2D eigenvalue weighted by atomic mass is 10.1. The topological polar surface area (TPSA) is 49.2 Å². The van der Waals surface area contributed by atoms with Gasteiger partial charge in [0.15, 0.2) is 0 Å². The number of nitrogens with zero attached hydrogens (tertiary/aromatic N) is 3. The molecule has 1 aliphatic heterocycles. The van der Waals surface area contributed by atoms with Gasteiger partial charge in [-0.25, -0.2) is 0 Å². The first-order valence-corrected chi connectivity index (χ1v) is 6.87. The summed E-state index contributed by atoms with van der Waals surface area (Å²) in [5.74, 6) is 0. The minimum absolute atomic E-state index is 0.164. The molecule has 102 valence electrons. The monoisotopic (exact) mass is 267 g/mol. The summed E-state index contributed by atoms with van der Waals surface area (Å²) in [6.45, 7) is 5.73. The van der Waals surface area contributed by atoms with E-state index < -0.39 is 0 Å². The lowest BCUT2D eigenvalue weighted by Gasteiger charge is -2.37. The summed E-state index contributed by atoms with van der Waals surface area (Å²) in [6.07, 6.45) is 2.00. The van der Waals surface area contributed by atoms with Crippen molar-refractivity contribution in [3.05, 3.63) is 36.0 Å². The van der Waals surface area contributed by atoms with E-state index in [1.54, 1.807) is 6.20 Å². The molecule has 0 aliphatic carbocycles. The fourth-order valence-corrected chi connectivity index (χ4v) is 2.91. The molecule has 1 aromatic carbocycles. The number of anilines is 1. The Kier molecular flexibility index (Phi) is 3.29. The van der Waals surface area contributed by atoms with Crippen molar-refractivity contribution in [3.8, 4) is 6.07 Å². The van der Waals surface area contributed by atoms with E-state index in [4.69, 9.17) is 4.74 Å². The molecule has 3 rings (SSSR count). The molecule has 0 N–H and O–H groups in total. The van der Waals surface area contributed by atoms with Crippen molar-refractivity contribution in [2.24, 2.45) is 0 Å². The lowest BCUT2D eigenvalue weighted by molar-refractivity contribution is -0.00514. The summed E-state index contributed by atoms with van der Waals surface area (Å²) >= 11 is 0. The summed E-state index contributed by atoms with van der Waals surface area (Å²) in [5.41, 5.74) is 2.54. The molecule has 0 saturated carbocycles. The summed E-state index contributed by atoms with van der Waals surface area (Å²) in [5, 5.41) is 10.4. The number of fused-ring (bicyclic) bond motifs is 1.